The van der Waals surface area contributed by atoms with Gasteiger partial charge in [-0.3, -0.25) is 4.79 Å². The van der Waals surface area contributed by atoms with Crippen LogP contribution in [-0.2, 0) is 11.2 Å². The molecule has 6 heteroatoms. The summed E-state index contributed by atoms with van der Waals surface area (Å²) in [6.07, 6.45) is 6.36. The van der Waals surface area contributed by atoms with Crippen molar-refractivity contribution in [1.29, 1.82) is 0 Å². The van der Waals surface area contributed by atoms with E-state index in [1.165, 1.54) is 24.8 Å². The topological polar surface area (TPSA) is 52.6 Å². The van der Waals surface area contributed by atoms with Crippen molar-refractivity contribution in [2.24, 2.45) is 5.92 Å². The molecule has 4 rings (SSSR count). The van der Waals surface area contributed by atoms with Crippen LogP contribution in [-0.4, -0.2) is 60.5 Å². The molecule has 0 saturated carbocycles. The molecule has 1 aromatic heterocycles. The monoisotopic (exact) mass is 365 g/mol. The van der Waals surface area contributed by atoms with Crippen LogP contribution >= 0.6 is 0 Å². The van der Waals surface area contributed by atoms with E-state index in [0.717, 1.165) is 63.4 Å². The molecular formula is C21H27N5O. The van der Waals surface area contributed by atoms with Gasteiger partial charge in [0.1, 0.15) is 5.82 Å². The van der Waals surface area contributed by atoms with Gasteiger partial charge in [0.2, 0.25) is 12.4 Å². The highest BCUT2D eigenvalue weighted by atomic mass is 16.1. The lowest BCUT2D eigenvalue weighted by molar-refractivity contribution is -0.118. The molecule has 3 heterocycles. The summed E-state index contributed by atoms with van der Waals surface area (Å²) >= 11 is 0. The zero-order valence-electron chi connectivity index (χ0n) is 15.7. The lowest BCUT2D eigenvalue weighted by Gasteiger charge is -2.35. The molecule has 27 heavy (non-hydrogen) atoms. The third-order valence-electron chi connectivity index (χ3n) is 5.68. The smallest absolute Gasteiger partial charge is 0.227 e. The highest BCUT2D eigenvalue weighted by Crippen LogP contribution is 2.25. The number of piperazine rings is 1. The van der Waals surface area contributed by atoms with Gasteiger partial charge in [-0.25, -0.2) is 4.98 Å². The summed E-state index contributed by atoms with van der Waals surface area (Å²) in [4.78, 5) is 26.5. The Hall–Kier alpha value is -2.63. The second-order valence-corrected chi connectivity index (χ2v) is 7.46. The fourth-order valence-electron chi connectivity index (χ4n) is 4.01. The first-order chi connectivity index (χ1) is 13.3. The number of piperidine rings is 1. The van der Waals surface area contributed by atoms with Crippen molar-refractivity contribution in [2.75, 3.05) is 49.1 Å². The molecule has 0 spiro atoms. The third kappa shape index (κ3) is 4.38. The largest absolute Gasteiger partial charge is 0.356 e. The van der Waals surface area contributed by atoms with E-state index in [0.29, 0.717) is 0 Å². The molecule has 0 unspecified atom stereocenters. The van der Waals surface area contributed by atoms with Crippen molar-refractivity contribution in [1.82, 2.24) is 14.9 Å². The average molecular weight is 365 g/mol. The zero-order chi connectivity index (χ0) is 18.5. The first-order valence-corrected chi connectivity index (χ1v) is 9.88. The maximum atomic E-state index is 10.9. The molecule has 2 fully saturated rings. The molecule has 2 aromatic rings. The van der Waals surface area contributed by atoms with Crippen molar-refractivity contribution in [2.45, 2.75) is 19.3 Å². The van der Waals surface area contributed by atoms with E-state index in [9.17, 15) is 4.79 Å². The summed E-state index contributed by atoms with van der Waals surface area (Å²) < 4.78 is 0. The van der Waals surface area contributed by atoms with Gasteiger partial charge in [0.25, 0.3) is 0 Å². The van der Waals surface area contributed by atoms with E-state index in [-0.39, 0.29) is 0 Å². The normalized spacial score (nSPS) is 18.6. The van der Waals surface area contributed by atoms with Gasteiger partial charge in [-0.15, -0.1) is 0 Å². The van der Waals surface area contributed by atoms with Gasteiger partial charge in [0.05, 0.1) is 0 Å². The van der Waals surface area contributed by atoms with Crippen LogP contribution in [0.1, 0.15) is 18.4 Å². The number of rotatable bonds is 5. The molecule has 2 saturated heterocycles. The molecular weight excluding hydrogens is 338 g/mol. The summed E-state index contributed by atoms with van der Waals surface area (Å²) in [6.45, 7) is 5.16. The molecule has 0 atom stereocenters. The Bertz CT molecular complexity index is 737. The van der Waals surface area contributed by atoms with Crippen LogP contribution in [0.15, 0.2) is 42.6 Å². The fraction of sp³-hybridized carbons (Fsp3) is 0.476. The number of anilines is 2. The first-order valence-electron chi connectivity index (χ1n) is 9.88. The second-order valence-electron chi connectivity index (χ2n) is 7.46. The number of amides is 1. The number of aromatic nitrogens is 2. The Kier molecular flexibility index (Phi) is 5.51. The Morgan fingerprint density at radius 3 is 2.37 bits per heavy atom. The molecule has 142 valence electrons. The van der Waals surface area contributed by atoms with Gasteiger partial charge in [0, 0.05) is 45.5 Å². The maximum absolute atomic E-state index is 10.9. The van der Waals surface area contributed by atoms with Crippen LogP contribution in [0.2, 0.25) is 0 Å². The van der Waals surface area contributed by atoms with Crippen molar-refractivity contribution in [3.05, 3.63) is 48.2 Å². The molecule has 2 aliphatic heterocycles. The number of hydrogen-bond acceptors (Lipinski definition) is 5. The summed E-state index contributed by atoms with van der Waals surface area (Å²) in [7, 11) is 0. The number of nitrogens with zero attached hydrogens (tertiary/aromatic N) is 5. The molecule has 0 radical (unpaired) electrons. The summed E-state index contributed by atoms with van der Waals surface area (Å²) in [5.74, 6) is 2.56. The standard InChI is InChI=1S/C21H27N5O/c27-17-24-12-14-26(15-13-24)21-22-9-6-20(23-21)25-10-7-19(8-11-25)16-18-4-2-1-3-5-18/h1-6,9,17,19H,7-8,10-16H2. The minimum Gasteiger partial charge on any atom is -0.356 e. The number of carbonyl (C=O) groups excluding carboxylic acids is 1. The lowest BCUT2D eigenvalue weighted by Crippen LogP contribution is -2.46. The number of benzene rings is 1. The van der Waals surface area contributed by atoms with E-state index in [2.05, 4.69) is 45.1 Å². The van der Waals surface area contributed by atoms with Crippen LogP contribution < -0.4 is 9.80 Å². The van der Waals surface area contributed by atoms with Crippen LogP contribution in [0, 0.1) is 5.92 Å². The van der Waals surface area contributed by atoms with Gasteiger partial charge in [-0.05, 0) is 36.8 Å². The highest BCUT2D eigenvalue weighted by molar-refractivity contribution is 5.49. The van der Waals surface area contributed by atoms with Crippen molar-refractivity contribution in [3.8, 4) is 0 Å². The molecule has 2 aliphatic rings. The average Bonchev–Trinajstić information content (AvgIpc) is 2.75. The molecule has 1 amide bonds. The predicted octanol–water partition coefficient (Wildman–Crippen LogP) is 2.21. The maximum Gasteiger partial charge on any atom is 0.227 e. The van der Waals surface area contributed by atoms with Gasteiger partial charge < -0.3 is 14.7 Å². The second kappa shape index (κ2) is 8.37. The van der Waals surface area contributed by atoms with Crippen LogP contribution in [0.5, 0.6) is 0 Å². The molecule has 0 bridgehead atoms. The predicted molar refractivity (Wildman–Crippen MR) is 107 cm³/mol. The van der Waals surface area contributed by atoms with E-state index in [1.54, 1.807) is 4.90 Å². The van der Waals surface area contributed by atoms with Gasteiger partial charge in [0.15, 0.2) is 0 Å². The zero-order valence-corrected chi connectivity index (χ0v) is 15.7. The van der Waals surface area contributed by atoms with Crippen LogP contribution in [0.25, 0.3) is 0 Å². The molecule has 6 nitrogen and oxygen atoms in total. The van der Waals surface area contributed by atoms with Gasteiger partial charge in [-0.2, -0.15) is 4.98 Å². The molecule has 0 N–H and O–H groups in total. The van der Waals surface area contributed by atoms with Crippen molar-refractivity contribution < 1.29 is 4.79 Å². The summed E-state index contributed by atoms with van der Waals surface area (Å²) in [5.41, 5.74) is 1.44. The first kappa shape index (κ1) is 17.8. The Labute approximate surface area is 160 Å². The van der Waals surface area contributed by atoms with Gasteiger partial charge in [-0.1, -0.05) is 30.3 Å². The van der Waals surface area contributed by atoms with Crippen molar-refractivity contribution >= 4 is 18.2 Å². The molecule has 0 aliphatic carbocycles. The SMILES string of the molecule is O=CN1CCN(c2nccc(N3CCC(Cc4ccccc4)CC3)n2)CC1. The van der Waals surface area contributed by atoms with Crippen molar-refractivity contribution in [3.63, 3.8) is 0 Å². The minimum atomic E-state index is 0.738. The van der Waals surface area contributed by atoms with E-state index < -0.39 is 0 Å². The third-order valence-corrected chi connectivity index (χ3v) is 5.68. The van der Waals surface area contributed by atoms with Gasteiger partial charge >= 0.3 is 0 Å². The quantitative estimate of drug-likeness (QED) is 0.761. The van der Waals surface area contributed by atoms with E-state index >= 15 is 0 Å². The molecule has 1 aromatic carbocycles. The van der Waals surface area contributed by atoms with Crippen LogP contribution in [0.3, 0.4) is 0 Å². The number of carbonyl (C=O) groups is 1. The van der Waals surface area contributed by atoms with E-state index in [1.807, 2.05) is 12.3 Å². The minimum absolute atomic E-state index is 0.738. The summed E-state index contributed by atoms with van der Waals surface area (Å²) in [5, 5.41) is 0. The Morgan fingerprint density at radius 1 is 0.926 bits per heavy atom. The highest BCUT2D eigenvalue weighted by Gasteiger charge is 2.22. The Balaban J connectivity index is 1.34. The van der Waals surface area contributed by atoms with Crippen LogP contribution in [0.4, 0.5) is 11.8 Å². The lowest BCUT2D eigenvalue weighted by atomic mass is 9.90. The Morgan fingerprint density at radius 2 is 1.67 bits per heavy atom. The fourth-order valence-corrected chi connectivity index (χ4v) is 4.01. The van der Waals surface area contributed by atoms with E-state index in [4.69, 9.17) is 4.98 Å². The summed E-state index contributed by atoms with van der Waals surface area (Å²) in [6, 6.07) is 12.8. The number of hydrogen-bond donors (Lipinski definition) is 0.